The number of hydrogen-bond donors (Lipinski definition) is 1. The van der Waals surface area contributed by atoms with E-state index in [1.165, 1.54) is 18.4 Å². The minimum atomic E-state index is 0.352. The SMILES string of the molecule is CCC(CC)(CNCc1nc2ccccc2n1C)SC. The highest BCUT2D eigenvalue weighted by atomic mass is 32.2. The third-order valence-electron chi connectivity index (χ3n) is 4.33. The molecule has 1 aromatic carbocycles. The van der Waals surface area contributed by atoms with Crippen LogP contribution < -0.4 is 5.32 Å². The summed E-state index contributed by atoms with van der Waals surface area (Å²) >= 11 is 1.97. The first-order valence-corrected chi connectivity index (χ1v) is 8.54. The van der Waals surface area contributed by atoms with Crippen LogP contribution in [0.3, 0.4) is 0 Å². The zero-order valence-electron chi connectivity index (χ0n) is 12.9. The molecule has 0 unspecified atom stereocenters. The Morgan fingerprint density at radius 3 is 2.55 bits per heavy atom. The van der Waals surface area contributed by atoms with Gasteiger partial charge >= 0.3 is 0 Å². The molecule has 0 saturated heterocycles. The second-order valence-electron chi connectivity index (χ2n) is 5.27. The van der Waals surface area contributed by atoms with E-state index < -0.39 is 0 Å². The maximum atomic E-state index is 4.70. The maximum Gasteiger partial charge on any atom is 0.123 e. The molecule has 0 aliphatic rings. The Morgan fingerprint density at radius 1 is 1.25 bits per heavy atom. The van der Waals surface area contributed by atoms with Gasteiger partial charge in [0.1, 0.15) is 5.82 Å². The number of benzene rings is 1. The molecule has 0 atom stereocenters. The topological polar surface area (TPSA) is 29.9 Å². The van der Waals surface area contributed by atoms with Gasteiger partial charge in [-0.1, -0.05) is 26.0 Å². The number of nitrogens with zero attached hydrogens (tertiary/aromatic N) is 2. The number of hydrogen-bond acceptors (Lipinski definition) is 3. The fourth-order valence-electron chi connectivity index (χ4n) is 2.62. The van der Waals surface area contributed by atoms with Crippen molar-refractivity contribution < 1.29 is 0 Å². The third-order valence-corrected chi connectivity index (χ3v) is 5.92. The van der Waals surface area contributed by atoms with Crippen molar-refractivity contribution in [3.05, 3.63) is 30.1 Å². The molecular weight excluding hydrogens is 266 g/mol. The average molecular weight is 291 g/mol. The Hall–Kier alpha value is -1.000. The molecule has 0 spiro atoms. The van der Waals surface area contributed by atoms with E-state index in [2.05, 4.69) is 55.2 Å². The molecule has 20 heavy (non-hydrogen) atoms. The van der Waals surface area contributed by atoms with Gasteiger partial charge in [0.25, 0.3) is 0 Å². The van der Waals surface area contributed by atoms with Gasteiger partial charge in [-0.25, -0.2) is 4.98 Å². The number of thioether (sulfide) groups is 1. The van der Waals surface area contributed by atoms with Crippen LogP contribution in [-0.2, 0) is 13.6 Å². The van der Waals surface area contributed by atoms with Crippen molar-refractivity contribution in [2.45, 2.75) is 38.0 Å². The summed E-state index contributed by atoms with van der Waals surface area (Å²) in [4.78, 5) is 4.70. The normalized spacial score (nSPS) is 12.2. The number of nitrogens with one attached hydrogen (secondary N) is 1. The van der Waals surface area contributed by atoms with Crippen LogP contribution in [0.1, 0.15) is 32.5 Å². The maximum absolute atomic E-state index is 4.70. The predicted molar refractivity (Wildman–Crippen MR) is 89.2 cm³/mol. The largest absolute Gasteiger partial charge is 0.330 e. The van der Waals surface area contributed by atoms with Crippen LogP contribution in [-0.4, -0.2) is 27.1 Å². The van der Waals surface area contributed by atoms with Crippen LogP contribution in [0.25, 0.3) is 11.0 Å². The smallest absolute Gasteiger partial charge is 0.123 e. The van der Waals surface area contributed by atoms with E-state index in [9.17, 15) is 0 Å². The molecule has 1 N–H and O–H groups in total. The molecule has 0 bridgehead atoms. The van der Waals surface area contributed by atoms with Crippen LogP contribution >= 0.6 is 11.8 Å². The van der Waals surface area contributed by atoms with Gasteiger partial charge in [0.05, 0.1) is 17.6 Å². The summed E-state index contributed by atoms with van der Waals surface area (Å²) in [7, 11) is 2.09. The van der Waals surface area contributed by atoms with Gasteiger partial charge < -0.3 is 9.88 Å². The van der Waals surface area contributed by atoms with E-state index in [1.54, 1.807) is 0 Å². The fourth-order valence-corrected chi connectivity index (χ4v) is 3.44. The molecule has 0 aliphatic heterocycles. The first kappa shape index (κ1) is 15.4. The summed E-state index contributed by atoms with van der Waals surface area (Å²) in [5, 5.41) is 3.59. The first-order chi connectivity index (χ1) is 9.65. The van der Waals surface area contributed by atoms with Gasteiger partial charge in [-0.2, -0.15) is 11.8 Å². The van der Waals surface area contributed by atoms with E-state index in [0.717, 1.165) is 24.4 Å². The van der Waals surface area contributed by atoms with Gasteiger partial charge in [0, 0.05) is 18.3 Å². The Balaban J connectivity index is 2.04. The summed E-state index contributed by atoms with van der Waals surface area (Å²) in [6, 6.07) is 8.30. The second-order valence-corrected chi connectivity index (χ2v) is 6.55. The van der Waals surface area contributed by atoms with Crippen molar-refractivity contribution in [3.8, 4) is 0 Å². The summed E-state index contributed by atoms with van der Waals surface area (Å²) in [5.74, 6) is 1.11. The van der Waals surface area contributed by atoms with Crippen molar-refractivity contribution in [2.75, 3.05) is 12.8 Å². The molecule has 1 heterocycles. The molecular formula is C16H25N3S. The lowest BCUT2D eigenvalue weighted by atomic mass is 10.0. The number of fused-ring (bicyclic) bond motifs is 1. The highest BCUT2D eigenvalue weighted by Gasteiger charge is 2.24. The van der Waals surface area contributed by atoms with E-state index >= 15 is 0 Å². The van der Waals surface area contributed by atoms with Gasteiger partial charge in [0.15, 0.2) is 0 Å². The van der Waals surface area contributed by atoms with Crippen molar-refractivity contribution in [1.29, 1.82) is 0 Å². The zero-order chi connectivity index (χ0) is 14.6. The molecule has 0 aliphatic carbocycles. The molecule has 0 saturated carbocycles. The quantitative estimate of drug-likeness (QED) is 0.845. The van der Waals surface area contributed by atoms with Crippen LogP contribution in [0.15, 0.2) is 24.3 Å². The van der Waals surface area contributed by atoms with E-state index in [4.69, 9.17) is 4.98 Å². The number of aromatic nitrogens is 2. The molecule has 4 heteroatoms. The fraction of sp³-hybridized carbons (Fsp3) is 0.562. The van der Waals surface area contributed by atoms with Crippen molar-refractivity contribution in [3.63, 3.8) is 0 Å². The molecule has 0 fully saturated rings. The van der Waals surface area contributed by atoms with Crippen LogP contribution in [0, 0.1) is 0 Å². The molecule has 2 rings (SSSR count). The Kier molecular flexibility index (Phi) is 5.11. The Morgan fingerprint density at radius 2 is 1.95 bits per heavy atom. The Labute approximate surface area is 126 Å². The molecule has 0 amide bonds. The van der Waals surface area contributed by atoms with Crippen LogP contribution in [0.5, 0.6) is 0 Å². The number of aryl methyl sites for hydroxylation is 1. The van der Waals surface area contributed by atoms with Crippen molar-refractivity contribution in [1.82, 2.24) is 14.9 Å². The lowest BCUT2D eigenvalue weighted by Gasteiger charge is -2.29. The number of rotatable bonds is 7. The number of para-hydroxylation sites is 2. The zero-order valence-corrected chi connectivity index (χ0v) is 13.8. The summed E-state index contributed by atoms with van der Waals surface area (Å²) in [6.45, 7) is 6.41. The molecule has 3 nitrogen and oxygen atoms in total. The summed E-state index contributed by atoms with van der Waals surface area (Å²) < 4.78 is 2.53. The lowest BCUT2D eigenvalue weighted by molar-refractivity contribution is 0.487. The highest BCUT2D eigenvalue weighted by molar-refractivity contribution is 8.00. The minimum absolute atomic E-state index is 0.352. The van der Waals surface area contributed by atoms with Crippen molar-refractivity contribution in [2.24, 2.45) is 7.05 Å². The van der Waals surface area contributed by atoms with E-state index in [0.29, 0.717) is 4.75 Å². The van der Waals surface area contributed by atoms with Gasteiger partial charge in [-0.3, -0.25) is 0 Å². The number of imidazole rings is 1. The molecule has 0 radical (unpaired) electrons. The van der Waals surface area contributed by atoms with E-state index in [1.807, 2.05) is 17.8 Å². The van der Waals surface area contributed by atoms with Crippen LogP contribution in [0.2, 0.25) is 0 Å². The third kappa shape index (κ3) is 3.01. The lowest BCUT2D eigenvalue weighted by Crippen LogP contribution is -2.36. The predicted octanol–water partition coefficient (Wildman–Crippen LogP) is 3.58. The van der Waals surface area contributed by atoms with Crippen molar-refractivity contribution >= 4 is 22.8 Å². The summed E-state index contributed by atoms with van der Waals surface area (Å²) in [6.07, 6.45) is 4.60. The summed E-state index contributed by atoms with van der Waals surface area (Å²) in [5.41, 5.74) is 2.28. The standard InChI is InChI=1S/C16H25N3S/c1-5-16(6-2,20-4)12-17-11-15-18-13-9-7-8-10-14(13)19(15)3/h7-10,17H,5-6,11-12H2,1-4H3. The minimum Gasteiger partial charge on any atom is -0.330 e. The first-order valence-electron chi connectivity index (χ1n) is 7.32. The van der Waals surface area contributed by atoms with Crippen LogP contribution in [0.4, 0.5) is 0 Å². The molecule has 2 aromatic rings. The molecule has 110 valence electrons. The van der Waals surface area contributed by atoms with Gasteiger partial charge in [-0.15, -0.1) is 0 Å². The van der Waals surface area contributed by atoms with E-state index in [-0.39, 0.29) is 0 Å². The highest BCUT2D eigenvalue weighted by Crippen LogP contribution is 2.29. The van der Waals surface area contributed by atoms with Gasteiger partial charge in [-0.05, 0) is 31.2 Å². The average Bonchev–Trinajstić information content (AvgIpc) is 2.81. The molecule has 1 aromatic heterocycles. The monoisotopic (exact) mass is 291 g/mol. The second kappa shape index (κ2) is 6.64. The Bertz CT molecular complexity index is 550. The van der Waals surface area contributed by atoms with Gasteiger partial charge in [0.2, 0.25) is 0 Å².